The molecule has 1 aromatic heterocycles. The molecule has 1 aromatic carbocycles. The first-order chi connectivity index (χ1) is 12.4. The standard InChI is InChI=1S/C20H23NO4S/c1-13-11-19(13)20-10-7-17(25-20)12-21(16-5-6-16)26(23,24)18-8-3-15(4-9-18)14(2)22/h3-4,7-10,13,16,19H,5-6,11-12H2,1-2H3. The van der Waals surface area contributed by atoms with Crippen LogP contribution in [0.1, 0.15) is 60.9 Å². The van der Waals surface area contributed by atoms with Gasteiger partial charge in [0.25, 0.3) is 0 Å². The predicted octanol–water partition coefficient (Wildman–Crippen LogP) is 3.96. The van der Waals surface area contributed by atoms with Crippen molar-refractivity contribution in [3.63, 3.8) is 0 Å². The third-order valence-electron chi connectivity index (χ3n) is 5.29. The molecule has 0 bridgehead atoms. The van der Waals surface area contributed by atoms with Crippen LogP contribution in [0.5, 0.6) is 0 Å². The van der Waals surface area contributed by atoms with Crippen LogP contribution in [0.25, 0.3) is 0 Å². The van der Waals surface area contributed by atoms with Gasteiger partial charge in [-0.05, 0) is 56.4 Å². The molecular weight excluding hydrogens is 350 g/mol. The van der Waals surface area contributed by atoms with Gasteiger partial charge in [0.1, 0.15) is 11.5 Å². The van der Waals surface area contributed by atoms with Crippen molar-refractivity contribution in [3.05, 3.63) is 53.5 Å². The van der Waals surface area contributed by atoms with Gasteiger partial charge in [0.15, 0.2) is 5.78 Å². The van der Waals surface area contributed by atoms with Gasteiger partial charge in [-0.1, -0.05) is 19.1 Å². The Morgan fingerprint density at radius 2 is 1.81 bits per heavy atom. The van der Waals surface area contributed by atoms with Crippen molar-refractivity contribution in [3.8, 4) is 0 Å². The van der Waals surface area contributed by atoms with E-state index in [-0.39, 0.29) is 23.3 Å². The van der Waals surface area contributed by atoms with E-state index in [0.29, 0.717) is 23.2 Å². The topological polar surface area (TPSA) is 67.6 Å². The summed E-state index contributed by atoms with van der Waals surface area (Å²) in [6.45, 7) is 3.91. The zero-order valence-electron chi connectivity index (χ0n) is 15.0. The number of sulfonamides is 1. The molecule has 138 valence electrons. The van der Waals surface area contributed by atoms with Crippen molar-refractivity contribution in [2.24, 2.45) is 5.92 Å². The van der Waals surface area contributed by atoms with E-state index in [0.717, 1.165) is 25.0 Å². The normalized spacial score (nSPS) is 22.6. The summed E-state index contributed by atoms with van der Waals surface area (Å²) in [5.41, 5.74) is 0.510. The van der Waals surface area contributed by atoms with Crippen molar-refractivity contribution < 1.29 is 17.6 Å². The van der Waals surface area contributed by atoms with Crippen molar-refractivity contribution in [1.29, 1.82) is 0 Å². The van der Waals surface area contributed by atoms with Gasteiger partial charge in [-0.3, -0.25) is 4.79 Å². The number of hydrogen-bond acceptors (Lipinski definition) is 4. The predicted molar refractivity (Wildman–Crippen MR) is 97.4 cm³/mol. The lowest BCUT2D eigenvalue weighted by molar-refractivity contribution is 0.101. The van der Waals surface area contributed by atoms with Crippen LogP contribution in [0.2, 0.25) is 0 Å². The molecule has 0 radical (unpaired) electrons. The Labute approximate surface area is 154 Å². The average Bonchev–Trinajstić information content (AvgIpc) is 3.53. The number of furan rings is 1. The second-order valence-corrected chi connectivity index (χ2v) is 9.38. The maximum Gasteiger partial charge on any atom is 0.243 e. The summed E-state index contributed by atoms with van der Waals surface area (Å²) in [6.07, 6.45) is 2.88. The molecule has 2 fully saturated rings. The Hall–Kier alpha value is -1.92. The molecule has 6 heteroatoms. The molecule has 2 aromatic rings. The number of carbonyl (C=O) groups excluding carboxylic acids is 1. The highest BCUT2D eigenvalue weighted by Gasteiger charge is 2.40. The fourth-order valence-electron chi connectivity index (χ4n) is 3.32. The van der Waals surface area contributed by atoms with Crippen LogP contribution in [0.15, 0.2) is 45.7 Å². The summed E-state index contributed by atoms with van der Waals surface area (Å²) in [6, 6.07) is 10.1. The molecule has 0 spiro atoms. The second kappa shape index (κ2) is 6.35. The molecule has 0 amide bonds. The monoisotopic (exact) mass is 373 g/mol. The van der Waals surface area contributed by atoms with Crippen molar-refractivity contribution in [2.45, 2.75) is 56.5 Å². The smallest absolute Gasteiger partial charge is 0.243 e. The zero-order chi connectivity index (χ0) is 18.5. The van der Waals surface area contributed by atoms with Crippen molar-refractivity contribution in [1.82, 2.24) is 4.31 Å². The fourth-order valence-corrected chi connectivity index (χ4v) is 4.97. The molecule has 26 heavy (non-hydrogen) atoms. The Morgan fingerprint density at radius 1 is 1.15 bits per heavy atom. The van der Waals surface area contributed by atoms with Crippen LogP contribution in [-0.4, -0.2) is 24.5 Å². The van der Waals surface area contributed by atoms with Gasteiger partial charge in [-0.15, -0.1) is 0 Å². The number of nitrogens with zero attached hydrogens (tertiary/aromatic N) is 1. The molecule has 2 aliphatic rings. The molecule has 0 N–H and O–H groups in total. The lowest BCUT2D eigenvalue weighted by Gasteiger charge is -2.21. The Bertz CT molecular complexity index is 925. The van der Waals surface area contributed by atoms with Gasteiger partial charge in [0.05, 0.1) is 11.4 Å². The number of Topliss-reactive ketones (excluding diaryl/α,β-unsaturated/α-hetero) is 1. The Kier molecular flexibility index (Phi) is 4.28. The maximum atomic E-state index is 13.1. The Morgan fingerprint density at radius 3 is 2.35 bits per heavy atom. The SMILES string of the molecule is CC(=O)c1ccc(S(=O)(=O)N(Cc2ccc(C3CC3C)o2)C2CC2)cc1. The quantitative estimate of drug-likeness (QED) is 0.689. The number of rotatable bonds is 7. The highest BCUT2D eigenvalue weighted by molar-refractivity contribution is 7.89. The minimum Gasteiger partial charge on any atom is -0.464 e. The van der Waals surface area contributed by atoms with E-state index in [2.05, 4.69) is 6.92 Å². The first-order valence-corrected chi connectivity index (χ1v) is 10.5. The van der Waals surface area contributed by atoms with E-state index in [1.54, 1.807) is 12.1 Å². The van der Waals surface area contributed by atoms with E-state index < -0.39 is 10.0 Å². The third kappa shape index (κ3) is 3.35. The summed E-state index contributed by atoms with van der Waals surface area (Å²) in [5.74, 6) is 2.71. The minimum atomic E-state index is -3.62. The van der Waals surface area contributed by atoms with E-state index in [9.17, 15) is 13.2 Å². The maximum absolute atomic E-state index is 13.1. The van der Waals surface area contributed by atoms with E-state index in [1.807, 2.05) is 12.1 Å². The molecule has 5 nitrogen and oxygen atoms in total. The largest absolute Gasteiger partial charge is 0.464 e. The molecule has 2 aliphatic carbocycles. The van der Waals surface area contributed by atoms with Gasteiger partial charge >= 0.3 is 0 Å². The van der Waals surface area contributed by atoms with Gasteiger partial charge in [0.2, 0.25) is 10.0 Å². The molecular formula is C20H23NO4S. The van der Waals surface area contributed by atoms with Gasteiger partial charge < -0.3 is 4.42 Å². The van der Waals surface area contributed by atoms with Gasteiger partial charge in [-0.2, -0.15) is 4.31 Å². The summed E-state index contributed by atoms with van der Waals surface area (Å²) >= 11 is 0. The van der Waals surface area contributed by atoms with Crippen LogP contribution in [0.4, 0.5) is 0 Å². The van der Waals surface area contributed by atoms with Crippen LogP contribution >= 0.6 is 0 Å². The third-order valence-corrected chi connectivity index (χ3v) is 7.20. The zero-order valence-corrected chi connectivity index (χ0v) is 15.8. The van der Waals surface area contributed by atoms with Crippen molar-refractivity contribution >= 4 is 15.8 Å². The summed E-state index contributed by atoms with van der Waals surface area (Å²) < 4.78 is 33.7. The highest BCUT2D eigenvalue weighted by Crippen LogP contribution is 2.47. The lowest BCUT2D eigenvalue weighted by Crippen LogP contribution is -2.32. The summed E-state index contributed by atoms with van der Waals surface area (Å²) in [4.78, 5) is 11.6. The van der Waals surface area contributed by atoms with E-state index in [1.165, 1.54) is 23.4 Å². The van der Waals surface area contributed by atoms with Crippen LogP contribution in [-0.2, 0) is 16.6 Å². The molecule has 0 saturated heterocycles. The molecule has 2 saturated carbocycles. The van der Waals surface area contributed by atoms with Crippen LogP contribution in [0, 0.1) is 5.92 Å². The van der Waals surface area contributed by atoms with E-state index in [4.69, 9.17) is 4.42 Å². The fraction of sp³-hybridized carbons (Fsp3) is 0.450. The van der Waals surface area contributed by atoms with Crippen LogP contribution in [0.3, 0.4) is 0 Å². The summed E-state index contributed by atoms with van der Waals surface area (Å²) in [7, 11) is -3.62. The lowest BCUT2D eigenvalue weighted by atomic mass is 10.2. The number of hydrogen-bond donors (Lipinski definition) is 0. The molecule has 0 aliphatic heterocycles. The average molecular weight is 373 g/mol. The number of carbonyl (C=O) groups is 1. The molecule has 2 unspecified atom stereocenters. The first-order valence-electron chi connectivity index (χ1n) is 9.07. The summed E-state index contributed by atoms with van der Waals surface area (Å²) in [5, 5.41) is 0. The van der Waals surface area contributed by atoms with Gasteiger partial charge in [-0.25, -0.2) is 8.42 Å². The molecule has 1 heterocycles. The number of benzene rings is 1. The minimum absolute atomic E-state index is 0.0286. The van der Waals surface area contributed by atoms with Crippen LogP contribution < -0.4 is 0 Å². The molecule has 2 atom stereocenters. The Balaban J connectivity index is 1.57. The van der Waals surface area contributed by atoms with Crippen molar-refractivity contribution in [2.75, 3.05) is 0 Å². The first kappa shape index (κ1) is 17.5. The van der Waals surface area contributed by atoms with E-state index >= 15 is 0 Å². The molecule has 4 rings (SSSR count). The second-order valence-electron chi connectivity index (χ2n) is 7.49. The highest BCUT2D eigenvalue weighted by atomic mass is 32.2. The van der Waals surface area contributed by atoms with Gasteiger partial charge in [0, 0.05) is 17.5 Å². The number of ketones is 1.